The number of hydrogen-bond acceptors (Lipinski definition) is 6. The average Bonchev–Trinajstić information content (AvgIpc) is 3.23. The van der Waals surface area contributed by atoms with Gasteiger partial charge in [-0.3, -0.25) is 14.9 Å². The number of furan rings is 1. The Labute approximate surface area is 165 Å². The molecule has 7 heteroatoms. The minimum Gasteiger partial charge on any atom is -0.490 e. The summed E-state index contributed by atoms with van der Waals surface area (Å²) in [4.78, 5) is 25.7. The third-order valence-electron chi connectivity index (χ3n) is 4.70. The Morgan fingerprint density at radius 3 is 2.89 bits per heavy atom. The lowest BCUT2D eigenvalue weighted by Gasteiger charge is -2.30. The van der Waals surface area contributed by atoms with E-state index in [1.165, 1.54) is 0 Å². The number of nitrogens with one attached hydrogen (secondary N) is 1. The lowest BCUT2D eigenvalue weighted by molar-refractivity contribution is -0.115. The van der Waals surface area contributed by atoms with Crippen molar-refractivity contribution in [1.29, 1.82) is 0 Å². The monoisotopic (exact) mass is 392 g/mol. The summed E-state index contributed by atoms with van der Waals surface area (Å²) in [6, 6.07) is 15.7. The van der Waals surface area contributed by atoms with E-state index in [1.807, 2.05) is 48.5 Å². The number of para-hydroxylation sites is 2. The highest BCUT2D eigenvalue weighted by atomic mass is 32.2. The number of thioether (sulfide) groups is 1. The minimum atomic E-state index is -0.353. The maximum absolute atomic E-state index is 11.7. The molecule has 1 N–H and O–H groups in total. The molecule has 5 rings (SSSR count). The molecule has 2 aliphatic heterocycles. The second-order valence-corrected chi connectivity index (χ2v) is 7.61. The van der Waals surface area contributed by atoms with Gasteiger partial charge in [0.25, 0.3) is 11.1 Å². The fourth-order valence-corrected chi connectivity index (χ4v) is 4.12. The van der Waals surface area contributed by atoms with Gasteiger partial charge in [-0.1, -0.05) is 18.2 Å². The van der Waals surface area contributed by atoms with Crippen LogP contribution in [0.5, 0.6) is 5.75 Å². The van der Waals surface area contributed by atoms with Gasteiger partial charge >= 0.3 is 0 Å². The van der Waals surface area contributed by atoms with Crippen LogP contribution < -0.4 is 15.0 Å². The van der Waals surface area contributed by atoms with Crippen molar-refractivity contribution in [3.05, 3.63) is 64.8 Å². The van der Waals surface area contributed by atoms with Crippen molar-refractivity contribution < 1.29 is 18.7 Å². The van der Waals surface area contributed by atoms with Gasteiger partial charge in [-0.15, -0.1) is 0 Å². The Bertz CT molecular complexity index is 1130. The quantitative estimate of drug-likeness (QED) is 0.675. The molecule has 1 saturated heterocycles. The van der Waals surface area contributed by atoms with Crippen molar-refractivity contribution >= 4 is 45.6 Å². The van der Waals surface area contributed by atoms with Crippen LogP contribution >= 0.6 is 11.8 Å². The summed E-state index contributed by atoms with van der Waals surface area (Å²) in [5.74, 6) is 1.40. The molecule has 28 heavy (non-hydrogen) atoms. The Hall–Kier alpha value is -3.19. The molecule has 0 radical (unpaired) electrons. The summed E-state index contributed by atoms with van der Waals surface area (Å²) < 4.78 is 11.7. The summed E-state index contributed by atoms with van der Waals surface area (Å²) in [6.07, 6.45) is 1.72. The smallest absolute Gasteiger partial charge is 0.290 e. The van der Waals surface area contributed by atoms with E-state index in [2.05, 4.69) is 10.2 Å². The number of amides is 2. The lowest BCUT2D eigenvalue weighted by Crippen LogP contribution is -2.31. The first-order valence-electron chi connectivity index (χ1n) is 8.90. The molecule has 0 bridgehead atoms. The molecule has 6 nitrogen and oxygen atoms in total. The van der Waals surface area contributed by atoms with E-state index >= 15 is 0 Å². The van der Waals surface area contributed by atoms with E-state index in [4.69, 9.17) is 9.15 Å². The molecule has 3 heterocycles. The molecule has 0 atom stereocenters. The van der Waals surface area contributed by atoms with Gasteiger partial charge in [0.2, 0.25) is 0 Å². The largest absolute Gasteiger partial charge is 0.490 e. The topological polar surface area (TPSA) is 71.8 Å². The van der Waals surface area contributed by atoms with Crippen LogP contribution in [0.3, 0.4) is 0 Å². The number of ether oxygens (including phenoxy) is 1. The zero-order chi connectivity index (χ0) is 19.1. The van der Waals surface area contributed by atoms with Gasteiger partial charge in [-0.25, -0.2) is 0 Å². The van der Waals surface area contributed by atoms with Gasteiger partial charge < -0.3 is 14.1 Å². The fraction of sp³-hybridized carbons (Fsp3) is 0.143. The molecule has 0 spiro atoms. The zero-order valence-electron chi connectivity index (χ0n) is 14.8. The van der Waals surface area contributed by atoms with Gasteiger partial charge in [-0.05, 0) is 53.7 Å². The van der Waals surface area contributed by atoms with Gasteiger partial charge in [0.05, 0.1) is 23.7 Å². The standard InChI is InChI=1S/C21H16N2O4S/c24-20-19(28-21(25)22-20)10-13-5-6-17-14(9-13)11-15(27-17)12-23-7-8-26-18-4-2-1-3-16(18)23/h1-6,9-11H,7-8,12H2,(H,22,24,25). The zero-order valence-corrected chi connectivity index (χ0v) is 15.6. The SMILES string of the molecule is O=C1NC(=O)C(=Cc2ccc3oc(CN4CCOc5ccccc54)cc3c2)S1. The molecule has 0 aliphatic carbocycles. The van der Waals surface area contributed by atoms with Gasteiger partial charge in [-0.2, -0.15) is 0 Å². The van der Waals surface area contributed by atoms with Crippen LogP contribution in [-0.2, 0) is 11.3 Å². The maximum atomic E-state index is 11.7. The summed E-state index contributed by atoms with van der Waals surface area (Å²) >= 11 is 0.915. The van der Waals surface area contributed by atoms with Crippen LogP contribution in [0.2, 0.25) is 0 Å². The normalized spacial score (nSPS) is 17.7. The summed E-state index contributed by atoms with van der Waals surface area (Å²) in [7, 11) is 0. The second kappa shape index (κ2) is 6.76. The molecular weight excluding hydrogens is 376 g/mol. The number of anilines is 1. The van der Waals surface area contributed by atoms with Crippen molar-refractivity contribution in [2.24, 2.45) is 0 Å². The summed E-state index contributed by atoms with van der Waals surface area (Å²) in [5.41, 5.74) is 2.70. The Morgan fingerprint density at radius 1 is 1.14 bits per heavy atom. The molecule has 0 unspecified atom stereocenters. The highest BCUT2D eigenvalue weighted by Crippen LogP contribution is 2.33. The van der Waals surface area contributed by atoms with Gasteiger partial charge in [0, 0.05) is 5.39 Å². The third kappa shape index (κ3) is 3.14. The van der Waals surface area contributed by atoms with E-state index < -0.39 is 0 Å². The van der Waals surface area contributed by atoms with Crippen molar-refractivity contribution in [2.45, 2.75) is 6.54 Å². The molecule has 0 saturated carbocycles. The van der Waals surface area contributed by atoms with Crippen LogP contribution in [0.15, 0.2) is 57.9 Å². The Kier molecular flexibility index (Phi) is 4.09. The number of rotatable bonds is 3. The number of fused-ring (bicyclic) bond motifs is 2. The van der Waals surface area contributed by atoms with Gasteiger partial charge in [0.15, 0.2) is 0 Å². The molecule has 140 valence electrons. The molecule has 3 aromatic rings. The second-order valence-electron chi connectivity index (χ2n) is 6.60. The first kappa shape index (κ1) is 16.9. The van der Waals surface area contributed by atoms with E-state index in [-0.39, 0.29) is 11.1 Å². The number of nitrogens with zero attached hydrogens (tertiary/aromatic N) is 1. The minimum absolute atomic E-state index is 0.339. The van der Waals surface area contributed by atoms with E-state index in [0.717, 1.165) is 52.0 Å². The van der Waals surface area contributed by atoms with Crippen LogP contribution in [-0.4, -0.2) is 24.3 Å². The van der Waals surface area contributed by atoms with E-state index in [9.17, 15) is 9.59 Å². The number of carbonyl (C=O) groups is 2. The van der Waals surface area contributed by atoms with Crippen LogP contribution in [0.25, 0.3) is 17.0 Å². The lowest BCUT2D eigenvalue weighted by atomic mass is 10.1. The van der Waals surface area contributed by atoms with Gasteiger partial charge in [0.1, 0.15) is 23.7 Å². The first-order valence-corrected chi connectivity index (χ1v) is 9.71. The predicted molar refractivity (Wildman–Crippen MR) is 108 cm³/mol. The molecular formula is C21H16N2O4S. The maximum Gasteiger partial charge on any atom is 0.290 e. The summed E-state index contributed by atoms with van der Waals surface area (Å²) in [6.45, 7) is 2.09. The molecule has 2 aliphatic rings. The first-order chi connectivity index (χ1) is 13.7. The molecule has 1 aromatic heterocycles. The third-order valence-corrected chi connectivity index (χ3v) is 5.51. The van der Waals surface area contributed by atoms with Crippen molar-refractivity contribution in [1.82, 2.24) is 5.32 Å². The van der Waals surface area contributed by atoms with Crippen LogP contribution in [0.4, 0.5) is 10.5 Å². The average molecular weight is 392 g/mol. The summed E-state index contributed by atoms with van der Waals surface area (Å²) in [5, 5.41) is 2.88. The number of benzene rings is 2. The molecule has 1 fully saturated rings. The number of hydrogen-bond donors (Lipinski definition) is 1. The van der Waals surface area contributed by atoms with Crippen molar-refractivity contribution in [3.8, 4) is 5.75 Å². The Balaban J connectivity index is 1.41. The fourth-order valence-electron chi connectivity index (χ4n) is 3.44. The van der Waals surface area contributed by atoms with Crippen molar-refractivity contribution in [3.63, 3.8) is 0 Å². The molecule has 2 amide bonds. The van der Waals surface area contributed by atoms with Crippen molar-refractivity contribution in [2.75, 3.05) is 18.1 Å². The van der Waals surface area contributed by atoms with E-state index in [1.54, 1.807) is 6.08 Å². The van der Waals surface area contributed by atoms with Crippen LogP contribution in [0, 0.1) is 0 Å². The molecule has 2 aromatic carbocycles. The highest BCUT2D eigenvalue weighted by Gasteiger charge is 2.25. The Morgan fingerprint density at radius 2 is 2.04 bits per heavy atom. The predicted octanol–water partition coefficient (Wildman–Crippen LogP) is 4.16. The number of imide groups is 1. The van der Waals surface area contributed by atoms with E-state index in [0.29, 0.717) is 18.1 Å². The number of carbonyl (C=O) groups excluding carboxylic acids is 2. The van der Waals surface area contributed by atoms with Crippen LogP contribution in [0.1, 0.15) is 11.3 Å². The highest BCUT2D eigenvalue weighted by molar-refractivity contribution is 8.18.